The van der Waals surface area contributed by atoms with Crippen LogP contribution in [0.25, 0.3) is 5.69 Å². The highest BCUT2D eigenvalue weighted by Crippen LogP contribution is 2.35. The highest BCUT2D eigenvalue weighted by molar-refractivity contribution is 6.30. The van der Waals surface area contributed by atoms with E-state index in [1.54, 1.807) is 9.13 Å². The zero-order chi connectivity index (χ0) is 27.4. The Morgan fingerprint density at radius 2 is 1.54 bits per heavy atom. The van der Waals surface area contributed by atoms with Gasteiger partial charge in [-0.15, -0.1) is 0 Å². The Morgan fingerprint density at radius 3 is 2.18 bits per heavy atom. The van der Waals surface area contributed by atoms with Crippen LogP contribution in [0.15, 0.2) is 96.1 Å². The van der Waals surface area contributed by atoms with Crippen molar-refractivity contribution in [2.24, 2.45) is 5.92 Å². The molecule has 0 radical (unpaired) electrons. The number of ether oxygens (including phenoxy) is 1. The standard InChI is InChI=1S/C32H34ClN3O3/c1-3-39-31(37)30(25-7-5-4-6-8-25)26-17-19-34(20-18-26)28-13-15-29(16-14-28)36-22-21-35(32(36)38)23(2)24-9-11-27(33)12-10-24/h4-16,21-23,26,30H,3,17-20H2,1-2H3/t23-,30?/m1/s1. The molecule has 1 saturated heterocycles. The summed E-state index contributed by atoms with van der Waals surface area (Å²) in [7, 11) is 0. The number of esters is 1. The van der Waals surface area contributed by atoms with Crippen LogP contribution in [0.2, 0.25) is 5.02 Å². The van der Waals surface area contributed by atoms with E-state index in [2.05, 4.69) is 17.0 Å². The van der Waals surface area contributed by atoms with E-state index in [1.165, 1.54) is 0 Å². The number of nitrogens with zero attached hydrogens (tertiary/aromatic N) is 3. The van der Waals surface area contributed by atoms with Crippen LogP contribution in [0.3, 0.4) is 0 Å². The average molecular weight is 544 g/mol. The Balaban J connectivity index is 1.27. The minimum absolute atomic E-state index is 0.0862. The van der Waals surface area contributed by atoms with Gasteiger partial charge in [0.05, 0.1) is 24.3 Å². The van der Waals surface area contributed by atoms with Gasteiger partial charge in [0.15, 0.2) is 0 Å². The summed E-state index contributed by atoms with van der Waals surface area (Å²) in [5.74, 6) is -0.126. The number of carbonyl (C=O) groups is 1. The Bertz CT molecular complexity index is 1440. The third-order valence-corrected chi connectivity index (χ3v) is 8.03. The maximum absolute atomic E-state index is 13.2. The number of halogens is 1. The molecule has 1 unspecified atom stereocenters. The van der Waals surface area contributed by atoms with Gasteiger partial charge in [-0.1, -0.05) is 54.1 Å². The van der Waals surface area contributed by atoms with Crippen LogP contribution in [0.5, 0.6) is 0 Å². The van der Waals surface area contributed by atoms with Crippen LogP contribution in [0.4, 0.5) is 5.69 Å². The molecule has 2 heterocycles. The van der Waals surface area contributed by atoms with Crippen molar-refractivity contribution in [2.45, 2.75) is 38.6 Å². The van der Waals surface area contributed by atoms with Gasteiger partial charge < -0.3 is 9.64 Å². The summed E-state index contributed by atoms with van der Waals surface area (Å²) >= 11 is 6.02. The van der Waals surface area contributed by atoms with E-state index in [-0.39, 0.29) is 29.5 Å². The van der Waals surface area contributed by atoms with Gasteiger partial charge in [0, 0.05) is 36.2 Å². The number of benzene rings is 3. The van der Waals surface area contributed by atoms with E-state index >= 15 is 0 Å². The van der Waals surface area contributed by atoms with Crippen LogP contribution >= 0.6 is 11.6 Å². The van der Waals surface area contributed by atoms with Crippen molar-refractivity contribution in [3.05, 3.63) is 118 Å². The minimum Gasteiger partial charge on any atom is -0.466 e. The first-order valence-corrected chi connectivity index (χ1v) is 14.0. The SMILES string of the molecule is CCOC(=O)C(c1ccccc1)C1CCN(c2ccc(-n3ccn([C@H](C)c4ccc(Cl)cc4)c3=O)cc2)CC1. The highest BCUT2D eigenvalue weighted by Gasteiger charge is 2.33. The van der Waals surface area contributed by atoms with Gasteiger partial charge in [0.2, 0.25) is 0 Å². The number of aromatic nitrogens is 2. The number of piperidine rings is 1. The Morgan fingerprint density at radius 1 is 0.897 bits per heavy atom. The van der Waals surface area contributed by atoms with Gasteiger partial charge in [-0.2, -0.15) is 0 Å². The zero-order valence-electron chi connectivity index (χ0n) is 22.4. The average Bonchev–Trinajstić information content (AvgIpc) is 3.35. The molecule has 1 aromatic heterocycles. The second-order valence-corrected chi connectivity index (χ2v) is 10.5. The Kier molecular flexibility index (Phi) is 8.22. The van der Waals surface area contributed by atoms with Crippen LogP contribution in [-0.4, -0.2) is 34.8 Å². The lowest BCUT2D eigenvalue weighted by Gasteiger charge is -2.36. The predicted octanol–water partition coefficient (Wildman–Crippen LogP) is 6.47. The number of carbonyl (C=O) groups excluding carboxylic acids is 1. The fourth-order valence-electron chi connectivity index (χ4n) is 5.59. The van der Waals surface area contributed by atoms with E-state index in [0.29, 0.717) is 11.6 Å². The lowest BCUT2D eigenvalue weighted by molar-refractivity contribution is -0.146. The molecule has 7 heteroatoms. The lowest BCUT2D eigenvalue weighted by Crippen LogP contribution is -2.37. The monoisotopic (exact) mass is 543 g/mol. The largest absolute Gasteiger partial charge is 0.466 e. The molecule has 39 heavy (non-hydrogen) atoms. The smallest absolute Gasteiger partial charge is 0.333 e. The zero-order valence-corrected chi connectivity index (χ0v) is 23.1. The van der Waals surface area contributed by atoms with E-state index in [0.717, 1.165) is 48.4 Å². The number of anilines is 1. The van der Waals surface area contributed by atoms with Crippen molar-refractivity contribution in [1.29, 1.82) is 0 Å². The van der Waals surface area contributed by atoms with Crippen molar-refractivity contribution >= 4 is 23.3 Å². The second kappa shape index (κ2) is 12.0. The predicted molar refractivity (Wildman–Crippen MR) is 156 cm³/mol. The number of rotatable bonds is 8. The summed E-state index contributed by atoms with van der Waals surface area (Å²) in [6, 6.07) is 25.6. The molecule has 0 amide bonds. The fourth-order valence-corrected chi connectivity index (χ4v) is 5.72. The molecule has 0 saturated carbocycles. The van der Waals surface area contributed by atoms with Gasteiger partial charge in [0.1, 0.15) is 0 Å². The molecule has 1 fully saturated rings. The van der Waals surface area contributed by atoms with Gasteiger partial charge in [0.25, 0.3) is 0 Å². The van der Waals surface area contributed by atoms with Gasteiger partial charge in [-0.05, 0) is 80.1 Å². The Hall–Kier alpha value is -3.77. The quantitative estimate of drug-likeness (QED) is 0.239. The van der Waals surface area contributed by atoms with Gasteiger partial charge in [-0.25, -0.2) is 4.79 Å². The third-order valence-electron chi connectivity index (χ3n) is 7.78. The van der Waals surface area contributed by atoms with E-state index in [4.69, 9.17) is 16.3 Å². The molecule has 6 nitrogen and oxygen atoms in total. The highest BCUT2D eigenvalue weighted by atomic mass is 35.5. The number of hydrogen-bond donors (Lipinski definition) is 0. The molecular formula is C32H34ClN3O3. The van der Waals surface area contributed by atoms with Crippen LogP contribution in [0, 0.1) is 5.92 Å². The molecule has 1 aliphatic heterocycles. The molecule has 3 aromatic carbocycles. The first-order valence-electron chi connectivity index (χ1n) is 13.6. The van der Waals surface area contributed by atoms with Crippen LogP contribution < -0.4 is 10.6 Å². The summed E-state index contributed by atoms with van der Waals surface area (Å²) in [5.41, 5.74) is 3.91. The summed E-state index contributed by atoms with van der Waals surface area (Å²) in [6.07, 6.45) is 5.46. The first kappa shape index (κ1) is 26.8. The van der Waals surface area contributed by atoms with Crippen molar-refractivity contribution < 1.29 is 9.53 Å². The maximum atomic E-state index is 13.2. The van der Waals surface area contributed by atoms with Crippen molar-refractivity contribution in [3.63, 3.8) is 0 Å². The minimum atomic E-state index is -0.234. The third kappa shape index (κ3) is 5.81. The molecule has 5 rings (SSSR count). The lowest BCUT2D eigenvalue weighted by atomic mass is 9.80. The molecular weight excluding hydrogens is 510 g/mol. The summed E-state index contributed by atoms with van der Waals surface area (Å²) < 4.78 is 8.85. The number of imidazole rings is 1. The molecule has 0 N–H and O–H groups in total. The first-order chi connectivity index (χ1) is 19.0. The summed E-state index contributed by atoms with van der Waals surface area (Å²) in [5, 5.41) is 0.676. The molecule has 2 atom stereocenters. The van der Waals surface area contributed by atoms with Gasteiger partial charge in [-0.3, -0.25) is 13.9 Å². The topological polar surface area (TPSA) is 56.5 Å². The van der Waals surface area contributed by atoms with Gasteiger partial charge >= 0.3 is 11.7 Å². The van der Waals surface area contributed by atoms with E-state index in [9.17, 15) is 9.59 Å². The van der Waals surface area contributed by atoms with Crippen molar-refractivity contribution in [1.82, 2.24) is 9.13 Å². The van der Waals surface area contributed by atoms with E-state index < -0.39 is 0 Å². The summed E-state index contributed by atoms with van der Waals surface area (Å²) in [6.45, 7) is 5.98. The second-order valence-electron chi connectivity index (χ2n) is 10.1. The fraction of sp³-hybridized carbons (Fsp3) is 0.312. The molecule has 1 aliphatic rings. The summed E-state index contributed by atoms with van der Waals surface area (Å²) in [4.78, 5) is 28.4. The normalized spacial score (nSPS) is 15.6. The Labute approximate surface area is 234 Å². The molecule has 0 aliphatic carbocycles. The molecule has 4 aromatic rings. The van der Waals surface area contributed by atoms with Crippen LogP contribution in [-0.2, 0) is 9.53 Å². The molecule has 0 spiro atoms. The van der Waals surface area contributed by atoms with Crippen molar-refractivity contribution in [2.75, 3.05) is 24.6 Å². The molecule has 0 bridgehead atoms. The number of hydrogen-bond acceptors (Lipinski definition) is 4. The van der Waals surface area contributed by atoms with E-state index in [1.807, 2.05) is 93.0 Å². The van der Waals surface area contributed by atoms with Crippen LogP contribution in [0.1, 0.15) is 49.8 Å². The maximum Gasteiger partial charge on any atom is 0.333 e. The van der Waals surface area contributed by atoms with Crippen molar-refractivity contribution in [3.8, 4) is 5.69 Å². The molecule has 202 valence electrons.